The summed E-state index contributed by atoms with van der Waals surface area (Å²) in [6, 6.07) is 6.74. The van der Waals surface area contributed by atoms with E-state index in [1.54, 1.807) is 31.3 Å². The van der Waals surface area contributed by atoms with Crippen LogP contribution in [-0.4, -0.2) is 22.0 Å². The second-order valence-corrected chi connectivity index (χ2v) is 6.08. The summed E-state index contributed by atoms with van der Waals surface area (Å²) in [6.45, 7) is 4.65. The number of benzene rings is 1. The van der Waals surface area contributed by atoms with Crippen LogP contribution in [0.15, 0.2) is 29.2 Å². The zero-order valence-corrected chi connectivity index (χ0v) is 12.0. The first-order chi connectivity index (χ1) is 8.53. The molecule has 0 aliphatic rings. The highest BCUT2D eigenvalue weighted by molar-refractivity contribution is 7.89. The molecule has 0 spiro atoms. The molecule has 0 fully saturated rings. The summed E-state index contributed by atoms with van der Waals surface area (Å²) in [6.07, 6.45) is 1.97. The maximum atomic E-state index is 12.0. The van der Waals surface area contributed by atoms with Gasteiger partial charge < -0.3 is 5.32 Å². The van der Waals surface area contributed by atoms with Gasteiger partial charge in [0.15, 0.2) is 0 Å². The standard InChI is InChI=1S/C13H22N2O2S/c1-4-11(5-2)10-15-18(16,17)13-8-6-12(14-3)7-9-13/h6-9,11,14-15H,4-5,10H2,1-3H3. The van der Waals surface area contributed by atoms with Crippen molar-refractivity contribution in [3.05, 3.63) is 24.3 Å². The molecule has 0 saturated heterocycles. The van der Waals surface area contributed by atoms with Crippen LogP contribution in [0.4, 0.5) is 5.69 Å². The molecule has 1 aromatic carbocycles. The van der Waals surface area contributed by atoms with Crippen molar-refractivity contribution in [3.63, 3.8) is 0 Å². The molecule has 2 N–H and O–H groups in total. The average Bonchev–Trinajstić information content (AvgIpc) is 2.40. The Kier molecular flexibility index (Phi) is 5.62. The van der Waals surface area contributed by atoms with E-state index in [-0.39, 0.29) is 0 Å². The largest absolute Gasteiger partial charge is 0.388 e. The Morgan fingerprint density at radius 3 is 2.11 bits per heavy atom. The molecule has 0 saturated carbocycles. The van der Waals surface area contributed by atoms with Crippen LogP contribution in [0.2, 0.25) is 0 Å². The lowest BCUT2D eigenvalue weighted by Gasteiger charge is -2.13. The number of hydrogen-bond acceptors (Lipinski definition) is 3. The van der Waals surface area contributed by atoms with Crippen LogP contribution < -0.4 is 10.0 Å². The van der Waals surface area contributed by atoms with Crippen LogP contribution >= 0.6 is 0 Å². The van der Waals surface area contributed by atoms with E-state index in [1.807, 2.05) is 0 Å². The highest BCUT2D eigenvalue weighted by Gasteiger charge is 2.15. The van der Waals surface area contributed by atoms with Crippen LogP contribution in [0.1, 0.15) is 26.7 Å². The monoisotopic (exact) mass is 270 g/mol. The van der Waals surface area contributed by atoms with Crippen molar-refractivity contribution < 1.29 is 8.42 Å². The Balaban J connectivity index is 2.73. The van der Waals surface area contributed by atoms with Gasteiger partial charge in [-0.05, 0) is 30.2 Å². The number of sulfonamides is 1. The van der Waals surface area contributed by atoms with Crippen molar-refractivity contribution in [2.75, 3.05) is 18.9 Å². The van der Waals surface area contributed by atoms with Gasteiger partial charge in [-0.3, -0.25) is 0 Å². The SMILES string of the molecule is CCC(CC)CNS(=O)(=O)c1ccc(NC)cc1. The fraction of sp³-hybridized carbons (Fsp3) is 0.538. The molecule has 0 bridgehead atoms. The zero-order valence-electron chi connectivity index (χ0n) is 11.2. The van der Waals surface area contributed by atoms with Gasteiger partial charge in [0.05, 0.1) is 4.90 Å². The van der Waals surface area contributed by atoms with Crippen molar-refractivity contribution in [1.82, 2.24) is 4.72 Å². The highest BCUT2D eigenvalue weighted by Crippen LogP contribution is 2.14. The first-order valence-corrected chi connectivity index (χ1v) is 7.79. The first-order valence-electron chi connectivity index (χ1n) is 6.31. The van der Waals surface area contributed by atoms with E-state index in [0.717, 1.165) is 18.5 Å². The van der Waals surface area contributed by atoms with Gasteiger partial charge in [-0.25, -0.2) is 13.1 Å². The summed E-state index contributed by atoms with van der Waals surface area (Å²) in [7, 11) is -1.58. The molecular weight excluding hydrogens is 248 g/mol. The third-order valence-corrected chi connectivity index (χ3v) is 4.61. The normalized spacial score (nSPS) is 11.8. The highest BCUT2D eigenvalue weighted by atomic mass is 32.2. The first kappa shape index (κ1) is 15.0. The maximum absolute atomic E-state index is 12.0. The van der Waals surface area contributed by atoms with E-state index in [4.69, 9.17) is 0 Å². The predicted octanol–water partition coefficient (Wildman–Crippen LogP) is 2.44. The molecule has 0 amide bonds. The van der Waals surface area contributed by atoms with Crippen LogP contribution in [-0.2, 0) is 10.0 Å². The van der Waals surface area contributed by atoms with Crippen molar-refractivity contribution in [2.24, 2.45) is 5.92 Å². The van der Waals surface area contributed by atoms with E-state index in [0.29, 0.717) is 17.4 Å². The molecule has 0 atom stereocenters. The molecule has 0 aromatic heterocycles. The lowest BCUT2D eigenvalue weighted by molar-refractivity contribution is 0.479. The van der Waals surface area contributed by atoms with Gasteiger partial charge in [-0.15, -0.1) is 0 Å². The Morgan fingerprint density at radius 1 is 1.11 bits per heavy atom. The Hall–Kier alpha value is -1.07. The zero-order chi connectivity index (χ0) is 13.6. The van der Waals surface area contributed by atoms with E-state index >= 15 is 0 Å². The number of rotatable bonds is 7. The Morgan fingerprint density at radius 2 is 1.67 bits per heavy atom. The third kappa shape index (κ3) is 3.99. The molecule has 0 heterocycles. The minimum Gasteiger partial charge on any atom is -0.388 e. The van der Waals surface area contributed by atoms with Crippen molar-refractivity contribution in [3.8, 4) is 0 Å². The summed E-state index contributed by atoms with van der Waals surface area (Å²) in [5, 5.41) is 2.96. The predicted molar refractivity (Wildman–Crippen MR) is 75.2 cm³/mol. The molecule has 1 aromatic rings. The van der Waals surface area contributed by atoms with E-state index in [9.17, 15) is 8.42 Å². The molecule has 0 unspecified atom stereocenters. The minimum atomic E-state index is -3.38. The summed E-state index contributed by atoms with van der Waals surface area (Å²) < 4.78 is 26.7. The summed E-state index contributed by atoms with van der Waals surface area (Å²) >= 11 is 0. The van der Waals surface area contributed by atoms with Crippen molar-refractivity contribution in [1.29, 1.82) is 0 Å². The average molecular weight is 270 g/mol. The van der Waals surface area contributed by atoms with Gasteiger partial charge in [0.2, 0.25) is 10.0 Å². The smallest absolute Gasteiger partial charge is 0.240 e. The molecule has 18 heavy (non-hydrogen) atoms. The Bertz CT molecular complexity index is 450. The van der Waals surface area contributed by atoms with E-state index < -0.39 is 10.0 Å². The maximum Gasteiger partial charge on any atom is 0.240 e. The van der Waals surface area contributed by atoms with Crippen LogP contribution in [0.5, 0.6) is 0 Å². The van der Waals surface area contributed by atoms with Crippen LogP contribution in [0, 0.1) is 5.92 Å². The van der Waals surface area contributed by atoms with E-state index in [2.05, 4.69) is 23.9 Å². The minimum absolute atomic E-state index is 0.312. The number of anilines is 1. The number of nitrogens with one attached hydrogen (secondary N) is 2. The van der Waals surface area contributed by atoms with Crippen LogP contribution in [0.25, 0.3) is 0 Å². The topological polar surface area (TPSA) is 58.2 Å². The van der Waals surface area contributed by atoms with Gasteiger partial charge >= 0.3 is 0 Å². The fourth-order valence-corrected chi connectivity index (χ4v) is 2.81. The third-order valence-electron chi connectivity index (χ3n) is 3.17. The summed E-state index contributed by atoms with van der Waals surface area (Å²) in [5.74, 6) is 0.399. The van der Waals surface area contributed by atoms with Crippen molar-refractivity contribution in [2.45, 2.75) is 31.6 Å². The lowest BCUT2D eigenvalue weighted by atomic mass is 10.0. The van der Waals surface area contributed by atoms with Gasteiger partial charge in [0.1, 0.15) is 0 Å². The second-order valence-electron chi connectivity index (χ2n) is 4.31. The molecule has 5 heteroatoms. The summed E-state index contributed by atoms with van der Waals surface area (Å²) in [5.41, 5.74) is 0.897. The lowest BCUT2D eigenvalue weighted by Crippen LogP contribution is -2.29. The Labute approximate surface area is 110 Å². The fourth-order valence-electron chi connectivity index (χ4n) is 1.69. The molecular formula is C13H22N2O2S. The van der Waals surface area contributed by atoms with E-state index in [1.165, 1.54) is 0 Å². The molecule has 0 aliphatic carbocycles. The second kappa shape index (κ2) is 6.75. The summed E-state index contributed by atoms with van der Waals surface area (Å²) in [4.78, 5) is 0.312. The molecule has 1 rings (SSSR count). The number of hydrogen-bond donors (Lipinski definition) is 2. The van der Waals surface area contributed by atoms with Gasteiger partial charge in [0.25, 0.3) is 0 Å². The van der Waals surface area contributed by atoms with Crippen molar-refractivity contribution >= 4 is 15.7 Å². The molecule has 102 valence electrons. The molecule has 0 radical (unpaired) electrons. The molecule has 4 nitrogen and oxygen atoms in total. The van der Waals surface area contributed by atoms with Gasteiger partial charge in [-0.1, -0.05) is 26.7 Å². The van der Waals surface area contributed by atoms with Gasteiger partial charge in [-0.2, -0.15) is 0 Å². The van der Waals surface area contributed by atoms with Crippen LogP contribution in [0.3, 0.4) is 0 Å². The quantitative estimate of drug-likeness (QED) is 0.800. The molecule has 0 aliphatic heterocycles. The van der Waals surface area contributed by atoms with Gasteiger partial charge in [0, 0.05) is 19.3 Å².